The molecule has 2 rings (SSSR count). The van der Waals surface area contributed by atoms with Crippen LogP contribution in [-0.2, 0) is 6.61 Å². The fraction of sp³-hybridized carbons (Fsp3) is 0.625. The molecule has 1 aliphatic rings. The van der Waals surface area contributed by atoms with Crippen LogP contribution in [0.4, 0.5) is 0 Å². The van der Waals surface area contributed by atoms with E-state index in [2.05, 4.69) is 5.10 Å². The lowest BCUT2D eigenvalue weighted by Gasteiger charge is -2.32. The third-order valence-corrected chi connectivity index (χ3v) is 2.36. The molecule has 1 fully saturated rings. The molecule has 0 aliphatic heterocycles. The number of rotatable bonds is 2. The third-order valence-electron chi connectivity index (χ3n) is 2.36. The first-order valence-corrected chi connectivity index (χ1v) is 4.19. The molecule has 3 N–H and O–H groups in total. The second-order valence-corrected chi connectivity index (χ2v) is 3.37. The summed E-state index contributed by atoms with van der Waals surface area (Å²) in [6.45, 7) is 0.0682. The van der Waals surface area contributed by atoms with Crippen molar-refractivity contribution in [1.29, 1.82) is 0 Å². The van der Waals surface area contributed by atoms with E-state index in [-0.39, 0.29) is 6.61 Å². The molecular formula is C8H13N3O. The highest BCUT2D eigenvalue weighted by Gasteiger charge is 2.27. The van der Waals surface area contributed by atoms with Crippen molar-refractivity contribution in [3.8, 4) is 0 Å². The Morgan fingerprint density at radius 2 is 2.42 bits per heavy atom. The fourth-order valence-corrected chi connectivity index (χ4v) is 1.50. The summed E-state index contributed by atoms with van der Waals surface area (Å²) in [5, 5.41) is 12.9. The van der Waals surface area contributed by atoms with Crippen molar-refractivity contribution >= 4 is 0 Å². The standard InChI is InChI=1S/C8H13N3O/c9-7-1-8(2-7)11-4-6(5-12)3-10-11/h3-4,7-8,12H,1-2,5,9H2. The summed E-state index contributed by atoms with van der Waals surface area (Å²) in [4.78, 5) is 0. The first-order chi connectivity index (χ1) is 5.79. The number of hydrogen-bond donors (Lipinski definition) is 2. The van der Waals surface area contributed by atoms with Gasteiger partial charge in [0.2, 0.25) is 0 Å². The van der Waals surface area contributed by atoms with Gasteiger partial charge in [0.1, 0.15) is 0 Å². The van der Waals surface area contributed by atoms with Crippen molar-refractivity contribution in [3.05, 3.63) is 18.0 Å². The third kappa shape index (κ3) is 1.23. The van der Waals surface area contributed by atoms with Crippen LogP contribution in [0, 0.1) is 0 Å². The van der Waals surface area contributed by atoms with Gasteiger partial charge >= 0.3 is 0 Å². The molecule has 0 radical (unpaired) electrons. The maximum absolute atomic E-state index is 8.80. The molecule has 0 bridgehead atoms. The van der Waals surface area contributed by atoms with Gasteiger partial charge in [-0.3, -0.25) is 4.68 Å². The summed E-state index contributed by atoms with van der Waals surface area (Å²) in [6, 6.07) is 0.803. The van der Waals surface area contributed by atoms with Gasteiger partial charge in [-0.25, -0.2) is 0 Å². The summed E-state index contributed by atoms with van der Waals surface area (Å²) in [6.07, 6.45) is 5.60. The molecule has 0 spiro atoms. The number of nitrogens with zero attached hydrogens (tertiary/aromatic N) is 2. The first kappa shape index (κ1) is 7.76. The molecule has 1 aromatic heterocycles. The van der Waals surface area contributed by atoms with E-state index in [0.29, 0.717) is 12.1 Å². The average molecular weight is 167 g/mol. The molecule has 4 nitrogen and oxygen atoms in total. The molecular weight excluding hydrogens is 154 g/mol. The van der Waals surface area contributed by atoms with Crippen LogP contribution in [-0.4, -0.2) is 20.9 Å². The lowest BCUT2D eigenvalue weighted by Crippen LogP contribution is -2.37. The van der Waals surface area contributed by atoms with Gasteiger partial charge in [0.25, 0.3) is 0 Å². The molecule has 1 heterocycles. The van der Waals surface area contributed by atoms with Gasteiger partial charge in [0.05, 0.1) is 18.8 Å². The Morgan fingerprint density at radius 1 is 1.67 bits per heavy atom. The second-order valence-electron chi connectivity index (χ2n) is 3.37. The van der Waals surface area contributed by atoms with Crippen molar-refractivity contribution in [2.24, 2.45) is 5.73 Å². The quantitative estimate of drug-likeness (QED) is 0.653. The first-order valence-electron chi connectivity index (χ1n) is 4.19. The monoisotopic (exact) mass is 167 g/mol. The Morgan fingerprint density at radius 3 is 2.92 bits per heavy atom. The molecule has 0 atom stereocenters. The van der Waals surface area contributed by atoms with Crippen LogP contribution in [0.15, 0.2) is 12.4 Å². The van der Waals surface area contributed by atoms with E-state index in [1.807, 2.05) is 10.9 Å². The van der Waals surface area contributed by atoms with Crippen molar-refractivity contribution in [3.63, 3.8) is 0 Å². The molecule has 0 unspecified atom stereocenters. The van der Waals surface area contributed by atoms with Gasteiger partial charge in [-0.05, 0) is 12.8 Å². The average Bonchev–Trinajstić information content (AvgIpc) is 2.46. The zero-order valence-electron chi connectivity index (χ0n) is 6.85. The zero-order valence-corrected chi connectivity index (χ0v) is 6.85. The van der Waals surface area contributed by atoms with E-state index in [0.717, 1.165) is 18.4 Å². The Hall–Kier alpha value is -0.870. The van der Waals surface area contributed by atoms with E-state index in [4.69, 9.17) is 10.8 Å². The van der Waals surface area contributed by atoms with Crippen LogP contribution < -0.4 is 5.73 Å². The predicted octanol–water partition coefficient (Wildman–Crippen LogP) is 0.0376. The van der Waals surface area contributed by atoms with Crippen LogP contribution in [0.2, 0.25) is 0 Å². The number of aromatic nitrogens is 2. The molecule has 1 aliphatic carbocycles. The molecule has 0 amide bonds. The minimum atomic E-state index is 0.0682. The van der Waals surface area contributed by atoms with Crippen molar-refractivity contribution < 1.29 is 5.11 Å². The highest BCUT2D eigenvalue weighted by atomic mass is 16.3. The van der Waals surface area contributed by atoms with Crippen LogP contribution in [0.1, 0.15) is 24.4 Å². The van der Waals surface area contributed by atoms with E-state index >= 15 is 0 Å². The maximum Gasteiger partial charge on any atom is 0.0712 e. The summed E-state index contributed by atoms with van der Waals surface area (Å²) < 4.78 is 1.90. The minimum absolute atomic E-state index is 0.0682. The zero-order chi connectivity index (χ0) is 8.55. The normalized spacial score (nSPS) is 28.5. The second kappa shape index (κ2) is 2.88. The summed E-state index contributed by atoms with van der Waals surface area (Å²) in [7, 11) is 0. The lowest BCUT2D eigenvalue weighted by atomic mass is 9.88. The molecule has 0 aromatic carbocycles. The minimum Gasteiger partial charge on any atom is -0.392 e. The molecule has 4 heteroatoms. The van der Waals surface area contributed by atoms with Crippen LogP contribution in [0.5, 0.6) is 0 Å². The van der Waals surface area contributed by atoms with Gasteiger partial charge < -0.3 is 10.8 Å². The largest absolute Gasteiger partial charge is 0.392 e. The van der Waals surface area contributed by atoms with Crippen molar-refractivity contribution in [2.75, 3.05) is 0 Å². The fourth-order valence-electron chi connectivity index (χ4n) is 1.50. The molecule has 1 saturated carbocycles. The van der Waals surface area contributed by atoms with Crippen LogP contribution in [0.3, 0.4) is 0 Å². The predicted molar refractivity (Wildman–Crippen MR) is 44.4 cm³/mol. The molecule has 12 heavy (non-hydrogen) atoms. The SMILES string of the molecule is NC1CC(n2cc(CO)cn2)C1. The number of nitrogens with two attached hydrogens (primary N) is 1. The number of aliphatic hydroxyl groups excluding tert-OH is 1. The van der Waals surface area contributed by atoms with E-state index in [9.17, 15) is 0 Å². The van der Waals surface area contributed by atoms with Gasteiger partial charge in [-0.2, -0.15) is 5.10 Å². The Labute approximate surface area is 71.0 Å². The summed E-state index contributed by atoms with van der Waals surface area (Å²) in [5.74, 6) is 0. The summed E-state index contributed by atoms with van der Waals surface area (Å²) in [5.41, 5.74) is 6.53. The van der Waals surface area contributed by atoms with Crippen molar-refractivity contribution in [1.82, 2.24) is 9.78 Å². The van der Waals surface area contributed by atoms with Crippen LogP contribution >= 0.6 is 0 Å². The Balaban J connectivity index is 2.04. The lowest BCUT2D eigenvalue weighted by molar-refractivity contribution is 0.246. The topological polar surface area (TPSA) is 64.1 Å². The van der Waals surface area contributed by atoms with E-state index in [1.165, 1.54) is 0 Å². The Bertz CT molecular complexity index is 265. The molecule has 1 aromatic rings. The summed E-state index contributed by atoms with van der Waals surface area (Å²) >= 11 is 0. The smallest absolute Gasteiger partial charge is 0.0712 e. The van der Waals surface area contributed by atoms with Gasteiger partial charge in [0, 0.05) is 17.8 Å². The number of hydrogen-bond acceptors (Lipinski definition) is 3. The van der Waals surface area contributed by atoms with E-state index in [1.54, 1.807) is 6.20 Å². The van der Waals surface area contributed by atoms with Gasteiger partial charge in [-0.15, -0.1) is 0 Å². The van der Waals surface area contributed by atoms with Gasteiger partial charge in [0.15, 0.2) is 0 Å². The highest BCUT2D eigenvalue weighted by Crippen LogP contribution is 2.29. The molecule has 0 saturated heterocycles. The maximum atomic E-state index is 8.80. The highest BCUT2D eigenvalue weighted by molar-refractivity contribution is 5.03. The number of aliphatic hydroxyl groups is 1. The van der Waals surface area contributed by atoms with Crippen LogP contribution in [0.25, 0.3) is 0 Å². The van der Waals surface area contributed by atoms with E-state index < -0.39 is 0 Å². The van der Waals surface area contributed by atoms with Gasteiger partial charge in [-0.1, -0.05) is 0 Å². The molecule has 66 valence electrons. The van der Waals surface area contributed by atoms with Crippen molar-refractivity contribution in [2.45, 2.75) is 31.5 Å². The Kier molecular flexibility index (Phi) is 1.86.